The van der Waals surface area contributed by atoms with Gasteiger partial charge in [-0.1, -0.05) is 24.9 Å². The number of anilines is 1. The molecule has 0 heterocycles. The van der Waals surface area contributed by atoms with Crippen molar-refractivity contribution in [2.45, 2.75) is 24.7 Å². The van der Waals surface area contributed by atoms with E-state index in [0.29, 0.717) is 21.4 Å². The maximum Gasteiger partial charge on any atom is 0.0587 e. The molecule has 0 saturated carbocycles. The van der Waals surface area contributed by atoms with Crippen LogP contribution in [0.4, 0.5) is 5.69 Å². The Kier molecular flexibility index (Phi) is 4.42. The molecule has 1 unspecified atom stereocenters. The van der Waals surface area contributed by atoms with Gasteiger partial charge in [-0.2, -0.15) is 0 Å². The fraction of sp³-hybridized carbons (Fsp3) is 0.400. The first-order chi connectivity index (χ1) is 6.65. The van der Waals surface area contributed by atoms with Gasteiger partial charge in [0.05, 0.1) is 20.7 Å². The molecule has 2 N–H and O–H groups in total. The van der Waals surface area contributed by atoms with Gasteiger partial charge in [0.1, 0.15) is 0 Å². The molecular formula is C10H14ClNOS. The Morgan fingerprint density at radius 2 is 2.21 bits per heavy atom. The van der Waals surface area contributed by atoms with E-state index >= 15 is 0 Å². The molecule has 14 heavy (non-hydrogen) atoms. The van der Waals surface area contributed by atoms with Gasteiger partial charge in [-0.3, -0.25) is 4.21 Å². The van der Waals surface area contributed by atoms with Crippen LogP contribution in [0.3, 0.4) is 0 Å². The Balaban J connectivity index is 2.80. The van der Waals surface area contributed by atoms with Gasteiger partial charge in [0.25, 0.3) is 0 Å². The molecular weight excluding hydrogens is 218 g/mol. The number of rotatable bonds is 4. The third kappa shape index (κ3) is 3.00. The maximum atomic E-state index is 11.7. The number of hydrogen-bond donors (Lipinski definition) is 1. The second-order valence-corrected chi connectivity index (χ2v) is 5.04. The zero-order valence-corrected chi connectivity index (χ0v) is 9.70. The molecule has 1 aromatic carbocycles. The first kappa shape index (κ1) is 11.5. The van der Waals surface area contributed by atoms with Crippen LogP contribution >= 0.6 is 11.6 Å². The van der Waals surface area contributed by atoms with E-state index in [1.807, 2.05) is 0 Å². The quantitative estimate of drug-likeness (QED) is 0.810. The summed E-state index contributed by atoms with van der Waals surface area (Å²) in [6, 6.07) is 5.11. The zero-order chi connectivity index (χ0) is 10.6. The molecule has 0 aliphatic rings. The second kappa shape index (κ2) is 5.37. The number of hydrogen-bond acceptors (Lipinski definition) is 2. The smallest absolute Gasteiger partial charge is 0.0587 e. The monoisotopic (exact) mass is 231 g/mol. The Morgan fingerprint density at radius 3 is 2.79 bits per heavy atom. The minimum Gasteiger partial charge on any atom is -0.399 e. The maximum absolute atomic E-state index is 11.7. The third-order valence-corrected chi connectivity index (χ3v) is 3.82. The van der Waals surface area contributed by atoms with Crippen LogP contribution in [0.25, 0.3) is 0 Å². The van der Waals surface area contributed by atoms with Crippen molar-refractivity contribution in [3.63, 3.8) is 0 Å². The SMILES string of the molecule is CCCCS(=O)c1ccc(N)cc1Cl. The molecule has 4 heteroatoms. The largest absolute Gasteiger partial charge is 0.399 e. The lowest BCUT2D eigenvalue weighted by Gasteiger charge is -2.04. The van der Waals surface area contributed by atoms with Crippen molar-refractivity contribution in [3.8, 4) is 0 Å². The van der Waals surface area contributed by atoms with E-state index < -0.39 is 10.8 Å². The molecule has 0 fully saturated rings. The molecule has 0 aliphatic carbocycles. The molecule has 78 valence electrons. The van der Waals surface area contributed by atoms with Crippen molar-refractivity contribution < 1.29 is 4.21 Å². The first-order valence-corrected chi connectivity index (χ1v) is 6.28. The molecule has 1 rings (SSSR count). The van der Waals surface area contributed by atoms with Gasteiger partial charge in [0.15, 0.2) is 0 Å². The summed E-state index contributed by atoms with van der Waals surface area (Å²) in [5, 5.41) is 0.499. The van der Waals surface area contributed by atoms with Crippen LogP contribution in [-0.4, -0.2) is 9.96 Å². The molecule has 0 radical (unpaired) electrons. The Morgan fingerprint density at radius 1 is 1.50 bits per heavy atom. The summed E-state index contributed by atoms with van der Waals surface area (Å²) in [4.78, 5) is 0.689. The van der Waals surface area contributed by atoms with Crippen molar-refractivity contribution in [2.75, 3.05) is 11.5 Å². The van der Waals surface area contributed by atoms with E-state index in [4.69, 9.17) is 17.3 Å². The van der Waals surface area contributed by atoms with Crippen LogP contribution in [0.1, 0.15) is 19.8 Å². The van der Waals surface area contributed by atoms with Crippen molar-refractivity contribution in [1.82, 2.24) is 0 Å². The van der Waals surface area contributed by atoms with Crippen molar-refractivity contribution in [3.05, 3.63) is 23.2 Å². The second-order valence-electron chi connectivity index (χ2n) is 3.09. The van der Waals surface area contributed by atoms with Gasteiger partial charge in [0.2, 0.25) is 0 Å². The minimum absolute atomic E-state index is 0.499. The molecule has 1 atom stereocenters. The lowest BCUT2D eigenvalue weighted by atomic mass is 10.3. The number of benzene rings is 1. The Labute approximate surface area is 91.9 Å². The number of nitrogens with two attached hydrogens (primary N) is 1. The lowest BCUT2D eigenvalue weighted by Crippen LogP contribution is -1.99. The lowest BCUT2D eigenvalue weighted by molar-refractivity contribution is 0.679. The van der Waals surface area contributed by atoms with Crippen molar-refractivity contribution in [2.24, 2.45) is 0 Å². The number of unbranched alkanes of at least 4 members (excludes halogenated alkanes) is 1. The summed E-state index contributed by atoms with van der Waals surface area (Å²) < 4.78 is 11.7. The van der Waals surface area contributed by atoms with Crippen LogP contribution in [0.5, 0.6) is 0 Å². The third-order valence-electron chi connectivity index (χ3n) is 1.88. The van der Waals surface area contributed by atoms with E-state index in [2.05, 4.69) is 6.92 Å². The molecule has 0 saturated heterocycles. The van der Waals surface area contributed by atoms with Crippen LogP contribution in [0.15, 0.2) is 23.1 Å². The van der Waals surface area contributed by atoms with Gasteiger partial charge in [-0.05, 0) is 24.6 Å². The molecule has 2 nitrogen and oxygen atoms in total. The fourth-order valence-corrected chi connectivity index (χ4v) is 2.80. The summed E-state index contributed by atoms with van der Waals surface area (Å²) >= 11 is 5.93. The van der Waals surface area contributed by atoms with Gasteiger partial charge in [0, 0.05) is 11.4 Å². The van der Waals surface area contributed by atoms with E-state index in [0.717, 1.165) is 12.8 Å². The van der Waals surface area contributed by atoms with Crippen LogP contribution in [0, 0.1) is 0 Å². The predicted octanol–water partition coefficient (Wildman–Crippen LogP) is 2.83. The average Bonchev–Trinajstić information content (AvgIpc) is 2.14. The van der Waals surface area contributed by atoms with Gasteiger partial charge >= 0.3 is 0 Å². The molecule has 0 aromatic heterocycles. The average molecular weight is 232 g/mol. The first-order valence-electron chi connectivity index (χ1n) is 4.58. The van der Waals surface area contributed by atoms with E-state index in [-0.39, 0.29) is 0 Å². The van der Waals surface area contributed by atoms with Crippen molar-refractivity contribution >= 4 is 28.1 Å². The minimum atomic E-state index is -0.991. The molecule has 0 spiro atoms. The van der Waals surface area contributed by atoms with Gasteiger partial charge < -0.3 is 5.73 Å². The normalized spacial score (nSPS) is 12.7. The predicted molar refractivity (Wildman–Crippen MR) is 62.0 cm³/mol. The highest BCUT2D eigenvalue weighted by molar-refractivity contribution is 7.85. The zero-order valence-electron chi connectivity index (χ0n) is 8.13. The fourth-order valence-electron chi connectivity index (χ4n) is 1.09. The highest BCUT2D eigenvalue weighted by Crippen LogP contribution is 2.22. The summed E-state index contributed by atoms with van der Waals surface area (Å²) in [5.41, 5.74) is 6.15. The number of halogens is 1. The summed E-state index contributed by atoms with van der Waals surface area (Å²) in [6.07, 6.45) is 1.99. The standard InChI is InChI=1S/C10H14ClNOS/c1-2-3-6-14(13)10-5-4-8(12)7-9(10)11/h4-5,7H,2-3,6,12H2,1H3. The summed E-state index contributed by atoms with van der Waals surface area (Å²) in [5.74, 6) is 0.667. The Hall–Kier alpha value is -0.540. The number of nitrogen functional groups attached to an aromatic ring is 1. The van der Waals surface area contributed by atoms with E-state index in [1.54, 1.807) is 18.2 Å². The van der Waals surface area contributed by atoms with Crippen LogP contribution < -0.4 is 5.73 Å². The highest BCUT2D eigenvalue weighted by Gasteiger charge is 2.07. The summed E-state index contributed by atoms with van der Waals surface area (Å²) in [7, 11) is -0.991. The van der Waals surface area contributed by atoms with Crippen LogP contribution in [0.2, 0.25) is 5.02 Å². The van der Waals surface area contributed by atoms with Gasteiger partial charge in [-0.25, -0.2) is 0 Å². The summed E-state index contributed by atoms with van der Waals surface area (Å²) in [6.45, 7) is 2.07. The Bertz CT molecular complexity index is 341. The molecule has 0 bridgehead atoms. The molecule has 0 aliphatic heterocycles. The van der Waals surface area contributed by atoms with E-state index in [9.17, 15) is 4.21 Å². The highest BCUT2D eigenvalue weighted by atomic mass is 35.5. The van der Waals surface area contributed by atoms with Crippen LogP contribution in [-0.2, 0) is 10.8 Å². The van der Waals surface area contributed by atoms with Crippen molar-refractivity contribution in [1.29, 1.82) is 0 Å². The topological polar surface area (TPSA) is 43.1 Å². The molecule has 0 amide bonds. The molecule has 1 aromatic rings. The van der Waals surface area contributed by atoms with Gasteiger partial charge in [-0.15, -0.1) is 0 Å². The van der Waals surface area contributed by atoms with E-state index in [1.165, 1.54) is 0 Å².